The molecule has 2 aromatic rings. The molecular formula is C19H21F3N2O3. The molecule has 1 aromatic heterocycles. The van der Waals surface area contributed by atoms with E-state index in [0.717, 1.165) is 0 Å². The molecule has 0 radical (unpaired) electrons. The summed E-state index contributed by atoms with van der Waals surface area (Å²) in [6.07, 6.45) is -1.74. The minimum absolute atomic E-state index is 0.00467. The van der Waals surface area contributed by atoms with Crippen LogP contribution in [0.5, 0.6) is 5.75 Å². The lowest BCUT2D eigenvalue weighted by atomic mass is 10.0. The maximum absolute atomic E-state index is 12.6. The molecule has 0 unspecified atom stereocenters. The van der Waals surface area contributed by atoms with Crippen LogP contribution in [-0.4, -0.2) is 35.4 Å². The molecule has 0 aliphatic heterocycles. The van der Waals surface area contributed by atoms with Crippen molar-refractivity contribution in [3.05, 3.63) is 47.8 Å². The Labute approximate surface area is 155 Å². The van der Waals surface area contributed by atoms with Gasteiger partial charge in [0.25, 0.3) is 0 Å². The molecule has 1 N–H and O–H groups in total. The predicted molar refractivity (Wildman–Crippen MR) is 96.0 cm³/mol. The maximum Gasteiger partial charge on any atom is 0.422 e. The summed E-state index contributed by atoms with van der Waals surface area (Å²) < 4.78 is 42.8. The second-order valence-electron chi connectivity index (χ2n) is 6.22. The fraction of sp³-hybridized carbons (Fsp3) is 0.368. The molecule has 146 valence electrons. The third kappa shape index (κ3) is 5.12. The molecule has 2 rings (SSSR count). The van der Waals surface area contributed by atoms with Crippen LogP contribution in [-0.2, 0) is 0 Å². The molecule has 0 aliphatic carbocycles. The van der Waals surface area contributed by atoms with E-state index in [1.54, 1.807) is 23.1 Å². The highest BCUT2D eigenvalue weighted by molar-refractivity contribution is 5.95. The zero-order valence-electron chi connectivity index (χ0n) is 15.2. The second-order valence-corrected chi connectivity index (χ2v) is 6.22. The molecule has 0 saturated carbocycles. The first-order valence-electron chi connectivity index (χ1n) is 8.42. The normalized spacial score (nSPS) is 11.5. The molecule has 0 amide bonds. The number of carboxylic acids is 1. The summed E-state index contributed by atoms with van der Waals surface area (Å²) >= 11 is 0. The van der Waals surface area contributed by atoms with Crippen molar-refractivity contribution in [2.45, 2.75) is 32.9 Å². The van der Waals surface area contributed by atoms with Crippen LogP contribution in [0.25, 0.3) is 0 Å². The number of halogens is 3. The summed E-state index contributed by atoms with van der Waals surface area (Å²) in [6, 6.07) is 6.51. The van der Waals surface area contributed by atoms with Crippen LogP contribution in [0, 0.1) is 0 Å². The third-order valence-corrected chi connectivity index (χ3v) is 3.96. The Morgan fingerprint density at radius 1 is 1.30 bits per heavy atom. The molecule has 0 spiro atoms. The largest absolute Gasteiger partial charge is 0.484 e. The minimum atomic E-state index is -4.45. The van der Waals surface area contributed by atoms with Gasteiger partial charge in [-0.2, -0.15) is 13.2 Å². The van der Waals surface area contributed by atoms with Crippen LogP contribution in [0.15, 0.2) is 36.7 Å². The Hall–Kier alpha value is -2.77. The fourth-order valence-electron chi connectivity index (χ4n) is 2.73. The van der Waals surface area contributed by atoms with Gasteiger partial charge in [0.05, 0.1) is 5.69 Å². The molecule has 0 bridgehead atoms. The molecule has 0 saturated heterocycles. The Morgan fingerprint density at radius 3 is 2.56 bits per heavy atom. The molecule has 0 aliphatic rings. The van der Waals surface area contributed by atoms with Gasteiger partial charge >= 0.3 is 12.1 Å². The van der Waals surface area contributed by atoms with Gasteiger partial charge in [0.1, 0.15) is 11.3 Å². The average Bonchev–Trinajstić information content (AvgIpc) is 2.60. The minimum Gasteiger partial charge on any atom is -0.484 e. The number of carbonyl (C=O) groups is 1. The summed E-state index contributed by atoms with van der Waals surface area (Å²) in [4.78, 5) is 17.0. The van der Waals surface area contributed by atoms with Crippen molar-refractivity contribution >= 4 is 17.3 Å². The SMILES string of the molecule is CCN(c1ccc(C(C)C)c(OCC(F)(F)F)c1)c1ccncc1C(=O)O. The highest BCUT2D eigenvalue weighted by Crippen LogP contribution is 2.35. The van der Waals surface area contributed by atoms with Gasteiger partial charge in [0.15, 0.2) is 6.61 Å². The van der Waals surface area contributed by atoms with E-state index in [0.29, 0.717) is 23.5 Å². The molecule has 0 atom stereocenters. The molecule has 5 nitrogen and oxygen atoms in total. The van der Waals surface area contributed by atoms with Crippen LogP contribution in [0.3, 0.4) is 0 Å². The Balaban J connectivity index is 2.48. The van der Waals surface area contributed by atoms with Gasteiger partial charge in [-0.05, 0) is 30.5 Å². The predicted octanol–water partition coefficient (Wildman–Crippen LogP) is 5.00. The van der Waals surface area contributed by atoms with E-state index in [2.05, 4.69) is 4.98 Å². The van der Waals surface area contributed by atoms with Gasteiger partial charge < -0.3 is 14.7 Å². The second kappa shape index (κ2) is 8.28. The number of nitrogens with zero attached hydrogens (tertiary/aromatic N) is 2. The van der Waals surface area contributed by atoms with Crippen molar-refractivity contribution in [2.75, 3.05) is 18.1 Å². The van der Waals surface area contributed by atoms with Crippen LogP contribution in [0.4, 0.5) is 24.5 Å². The number of aromatic carboxylic acids is 1. The highest BCUT2D eigenvalue weighted by atomic mass is 19.4. The number of anilines is 2. The summed E-state index contributed by atoms with van der Waals surface area (Å²) in [6.45, 7) is 4.55. The summed E-state index contributed by atoms with van der Waals surface area (Å²) in [5, 5.41) is 9.39. The van der Waals surface area contributed by atoms with E-state index in [4.69, 9.17) is 4.74 Å². The molecule has 1 aromatic carbocycles. The van der Waals surface area contributed by atoms with E-state index in [1.165, 1.54) is 18.5 Å². The first kappa shape index (κ1) is 20.5. The number of rotatable bonds is 7. The molecule has 0 fully saturated rings. The van der Waals surface area contributed by atoms with Crippen molar-refractivity contribution in [1.29, 1.82) is 0 Å². The van der Waals surface area contributed by atoms with Gasteiger partial charge in [0.2, 0.25) is 0 Å². The number of hydrogen-bond acceptors (Lipinski definition) is 4. The van der Waals surface area contributed by atoms with Crippen LogP contribution >= 0.6 is 0 Å². The first-order chi connectivity index (χ1) is 12.6. The lowest BCUT2D eigenvalue weighted by Gasteiger charge is -2.26. The lowest BCUT2D eigenvalue weighted by Crippen LogP contribution is -2.21. The number of carboxylic acid groups (broad SMARTS) is 1. The lowest BCUT2D eigenvalue weighted by molar-refractivity contribution is -0.153. The topological polar surface area (TPSA) is 62.7 Å². The van der Waals surface area contributed by atoms with Crippen LogP contribution in [0.1, 0.15) is 42.6 Å². The molecule has 27 heavy (non-hydrogen) atoms. The monoisotopic (exact) mass is 382 g/mol. The van der Waals surface area contributed by atoms with Crippen molar-refractivity contribution in [3.63, 3.8) is 0 Å². The van der Waals surface area contributed by atoms with Gasteiger partial charge in [0, 0.05) is 30.7 Å². The average molecular weight is 382 g/mol. The summed E-state index contributed by atoms with van der Waals surface area (Å²) in [5.41, 5.74) is 1.59. The number of alkyl halides is 3. The van der Waals surface area contributed by atoms with E-state index in [1.807, 2.05) is 20.8 Å². The standard InChI is InChI=1S/C19H21F3N2O3/c1-4-24(16-7-8-23-10-15(16)18(25)26)13-5-6-14(12(2)3)17(9-13)27-11-19(20,21)22/h5-10,12H,4,11H2,1-3H3,(H,25,26). The zero-order valence-corrected chi connectivity index (χ0v) is 15.2. The summed E-state index contributed by atoms with van der Waals surface area (Å²) in [7, 11) is 0. The van der Waals surface area contributed by atoms with Gasteiger partial charge in [-0.3, -0.25) is 4.98 Å². The quantitative estimate of drug-likeness (QED) is 0.730. The Kier molecular flexibility index (Phi) is 6.30. The van der Waals surface area contributed by atoms with Crippen molar-refractivity contribution in [1.82, 2.24) is 4.98 Å². The number of hydrogen-bond donors (Lipinski definition) is 1. The van der Waals surface area contributed by atoms with E-state index in [9.17, 15) is 23.1 Å². The molecular weight excluding hydrogens is 361 g/mol. The van der Waals surface area contributed by atoms with E-state index >= 15 is 0 Å². The summed E-state index contributed by atoms with van der Waals surface area (Å²) in [5.74, 6) is -1.04. The van der Waals surface area contributed by atoms with Crippen molar-refractivity contribution < 1.29 is 27.8 Å². The van der Waals surface area contributed by atoms with Crippen molar-refractivity contribution in [3.8, 4) is 5.75 Å². The van der Waals surface area contributed by atoms with E-state index in [-0.39, 0.29) is 17.2 Å². The van der Waals surface area contributed by atoms with Crippen LogP contribution < -0.4 is 9.64 Å². The number of benzene rings is 1. The van der Waals surface area contributed by atoms with E-state index < -0.39 is 18.8 Å². The number of ether oxygens (including phenoxy) is 1. The number of aromatic nitrogens is 1. The van der Waals surface area contributed by atoms with Crippen LogP contribution in [0.2, 0.25) is 0 Å². The zero-order chi connectivity index (χ0) is 20.2. The van der Waals surface area contributed by atoms with Gasteiger partial charge in [-0.25, -0.2) is 4.79 Å². The molecule has 8 heteroatoms. The molecule has 1 heterocycles. The maximum atomic E-state index is 12.6. The number of pyridine rings is 1. The Bertz CT molecular complexity index is 807. The smallest absolute Gasteiger partial charge is 0.422 e. The Morgan fingerprint density at radius 2 is 2.00 bits per heavy atom. The first-order valence-corrected chi connectivity index (χ1v) is 8.42. The fourth-order valence-corrected chi connectivity index (χ4v) is 2.73. The van der Waals surface area contributed by atoms with Gasteiger partial charge in [-0.1, -0.05) is 19.9 Å². The van der Waals surface area contributed by atoms with Crippen molar-refractivity contribution in [2.24, 2.45) is 0 Å². The third-order valence-electron chi connectivity index (χ3n) is 3.96. The van der Waals surface area contributed by atoms with Gasteiger partial charge in [-0.15, -0.1) is 0 Å². The highest BCUT2D eigenvalue weighted by Gasteiger charge is 2.29.